The third kappa shape index (κ3) is 6.20. The van der Waals surface area contributed by atoms with Crippen LogP contribution < -0.4 is 5.32 Å². The highest BCUT2D eigenvalue weighted by atomic mass is 35.5. The van der Waals surface area contributed by atoms with Crippen LogP contribution in [0.15, 0.2) is 12.1 Å². The second-order valence-corrected chi connectivity index (χ2v) is 6.64. The Labute approximate surface area is 136 Å². The number of hydrogen-bond acceptors (Lipinski definition) is 3. The first-order valence-electron chi connectivity index (χ1n) is 7.24. The quantitative estimate of drug-likeness (QED) is 0.888. The van der Waals surface area contributed by atoms with E-state index in [1.165, 1.54) is 0 Å². The van der Waals surface area contributed by atoms with Crippen molar-refractivity contribution in [2.75, 3.05) is 13.6 Å². The number of ether oxygens (including phenoxy) is 1. The molecule has 1 aromatic carbocycles. The van der Waals surface area contributed by atoms with Gasteiger partial charge in [-0.1, -0.05) is 18.5 Å². The van der Waals surface area contributed by atoms with Gasteiger partial charge in [-0.3, -0.25) is 0 Å². The molecule has 0 atom stereocenters. The van der Waals surface area contributed by atoms with Gasteiger partial charge in [0.2, 0.25) is 0 Å². The predicted octanol–water partition coefficient (Wildman–Crippen LogP) is 3.96. The van der Waals surface area contributed by atoms with Crippen LogP contribution in [0.25, 0.3) is 0 Å². The van der Waals surface area contributed by atoms with Gasteiger partial charge >= 0.3 is 6.09 Å². The molecule has 6 heteroatoms. The molecule has 0 radical (unpaired) electrons. The summed E-state index contributed by atoms with van der Waals surface area (Å²) in [4.78, 5) is 13.7. The van der Waals surface area contributed by atoms with E-state index in [4.69, 9.17) is 16.3 Å². The van der Waals surface area contributed by atoms with Crippen molar-refractivity contribution < 1.29 is 13.9 Å². The first kappa shape index (κ1) is 18.7. The van der Waals surface area contributed by atoms with Gasteiger partial charge in [0.25, 0.3) is 0 Å². The molecule has 0 aliphatic heterocycles. The van der Waals surface area contributed by atoms with Crippen LogP contribution in [0.1, 0.15) is 38.8 Å². The minimum absolute atomic E-state index is 0.0319. The Balaban J connectivity index is 2.79. The minimum Gasteiger partial charge on any atom is -0.444 e. The molecule has 1 aromatic rings. The summed E-state index contributed by atoms with van der Waals surface area (Å²) in [6.07, 6.45) is -0.584. The zero-order chi connectivity index (χ0) is 16.9. The van der Waals surface area contributed by atoms with Crippen LogP contribution >= 0.6 is 11.6 Å². The van der Waals surface area contributed by atoms with Crippen LogP contribution in [0.4, 0.5) is 9.18 Å². The van der Waals surface area contributed by atoms with Crippen LogP contribution in [0.5, 0.6) is 0 Å². The number of carbonyl (C=O) groups is 1. The smallest absolute Gasteiger partial charge is 0.407 e. The number of rotatable bonds is 5. The van der Waals surface area contributed by atoms with Gasteiger partial charge in [0.1, 0.15) is 11.4 Å². The summed E-state index contributed by atoms with van der Waals surface area (Å²) >= 11 is 5.93. The molecule has 22 heavy (non-hydrogen) atoms. The van der Waals surface area contributed by atoms with Gasteiger partial charge in [0.15, 0.2) is 0 Å². The summed E-state index contributed by atoms with van der Waals surface area (Å²) in [5.41, 5.74) is 0.654. The maximum atomic E-state index is 14.1. The van der Waals surface area contributed by atoms with Crippen LogP contribution in [0.3, 0.4) is 0 Å². The van der Waals surface area contributed by atoms with Crippen molar-refractivity contribution in [1.82, 2.24) is 10.2 Å². The Kier molecular flexibility index (Phi) is 6.63. The van der Waals surface area contributed by atoms with Crippen molar-refractivity contribution in [2.24, 2.45) is 0 Å². The van der Waals surface area contributed by atoms with Crippen molar-refractivity contribution in [3.05, 3.63) is 34.1 Å². The van der Waals surface area contributed by atoms with E-state index in [9.17, 15) is 9.18 Å². The second kappa shape index (κ2) is 7.79. The summed E-state index contributed by atoms with van der Waals surface area (Å²) in [5, 5.41) is 2.60. The van der Waals surface area contributed by atoms with Crippen molar-refractivity contribution >= 4 is 17.7 Å². The van der Waals surface area contributed by atoms with Gasteiger partial charge in [-0.2, -0.15) is 0 Å². The van der Waals surface area contributed by atoms with Crippen molar-refractivity contribution in [3.63, 3.8) is 0 Å². The molecule has 0 fully saturated rings. The van der Waals surface area contributed by atoms with E-state index in [0.717, 1.165) is 12.1 Å². The van der Waals surface area contributed by atoms with Crippen LogP contribution in [0.2, 0.25) is 5.02 Å². The Morgan fingerprint density at radius 3 is 2.59 bits per heavy atom. The Morgan fingerprint density at radius 2 is 2.05 bits per heavy atom. The van der Waals surface area contributed by atoms with Crippen LogP contribution in [-0.4, -0.2) is 30.2 Å². The first-order chi connectivity index (χ1) is 10.1. The maximum Gasteiger partial charge on any atom is 0.407 e. The third-order valence-corrected chi connectivity index (χ3v) is 3.25. The number of nitrogens with one attached hydrogen (secondary N) is 1. The minimum atomic E-state index is -0.591. The van der Waals surface area contributed by atoms with Gasteiger partial charge in [-0.05, 0) is 52.1 Å². The summed E-state index contributed by atoms with van der Waals surface area (Å²) in [6.45, 7) is 8.92. The molecule has 1 rings (SSSR count). The van der Waals surface area contributed by atoms with Crippen molar-refractivity contribution in [2.45, 2.75) is 46.4 Å². The molecular formula is C16H24ClFN2O2. The number of carbonyl (C=O) groups excluding carboxylic acids is 1. The van der Waals surface area contributed by atoms with Gasteiger partial charge in [-0.25, -0.2) is 9.18 Å². The highest BCUT2D eigenvalue weighted by Crippen LogP contribution is 2.22. The summed E-state index contributed by atoms with van der Waals surface area (Å²) in [5.74, 6) is -0.513. The lowest BCUT2D eigenvalue weighted by Crippen LogP contribution is -2.32. The molecule has 0 saturated carbocycles. The van der Waals surface area contributed by atoms with E-state index in [1.807, 2.05) is 14.0 Å². The number of alkyl carbamates (subject to hydrolysis) is 1. The third-order valence-electron chi connectivity index (χ3n) is 2.98. The molecule has 4 nitrogen and oxygen atoms in total. The standard InChI is InChI=1S/C16H24ClFN2O2/c1-6-20(5)10-11-7-12(14(18)13(17)8-11)9-19-15(21)22-16(2,3)4/h7-8H,6,9-10H2,1-5H3,(H,19,21). The number of nitrogens with zero attached hydrogens (tertiary/aromatic N) is 1. The molecule has 0 aliphatic carbocycles. The van der Waals surface area contributed by atoms with E-state index in [2.05, 4.69) is 10.2 Å². The summed E-state index contributed by atoms with van der Waals surface area (Å²) in [6, 6.07) is 3.32. The number of hydrogen-bond donors (Lipinski definition) is 1. The summed E-state index contributed by atoms with van der Waals surface area (Å²) in [7, 11) is 1.97. The molecule has 1 N–H and O–H groups in total. The highest BCUT2D eigenvalue weighted by molar-refractivity contribution is 6.30. The van der Waals surface area contributed by atoms with Crippen LogP contribution in [0, 0.1) is 5.82 Å². The molecule has 0 saturated heterocycles. The summed E-state index contributed by atoms with van der Waals surface area (Å²) < 4.78 is 19.2. The Hall–Kier alpha value is -1.33. The molecule has 0 aromatic heterocycles. The highest BCUT2D eigenvalue weighted by Gasteiger charge is 2.17. The number of halogens is 2. The Morgan fingerprint density at radius 1 is 1.41 bits per heavy atom. The Bertz CT molecular complexity index is 530. The second-order valence-electron chi connectivity index (χ2n) is 6.24. The largest absolute Gasteiger partial charge is 0.444 e. The molecular weight excluding hydrogens is 307 g/mol. The van der Waals surface area contributed by atoms with E-state index < -0.39 is 17.5 Å². The van der Waals surface area contributed by atoms with Crippen molar-refractivity contribution in [1.29, 1.82) is 0 Å². The average molecular weight is 331 g/mol. The van der Waals surface area contributed by atoms with E-state index in [-0.39, 0.29) is 11.6 Å². The molecule has 0 bridgehead atoms. The normalized spacial score (nSPS) is 11.6. The zero-order valence-electron chi connectivity index (χ0n) is 13.8. The van der Waals surface area contributed by atoms with E-state index in [0.29, 0.717) is 12.1 Å². The lowest BCUT2D eigenvalue weighted by Gasteiger charge is -2.20. The average Bonchev–Trinajstić information content (AvgIpc) is 2.39. The lowest BCUT2D eigenvalue weighted by molar-refractivity contribution is 0.0523. The fourth-order valence-electron chi connectivity index (χ4n) is 1.83. The molecule has 1 amide bonds. The number of amides is 1. The fraction of sp³-hybridized carbons (Fsp3) is 0.562. The van der Waals surface area contributed by atoms with Crippen molar-refractivity contribution in [3.8, 4) is 0 Å². The molecule has 0 aliphatic rings. The van der Waals surface area contributed by atoms with Crippen LogP contribution in [-0.2, 0) is 17.8 Å². The predicted molar refractivity (Wildman–Crippen MR) is 86.5 cm³/mol. The molecule has 0 unspecified atom stereocenters. The SMILES string of the molecule is CCN(C)Cc1cc(Cl)c(F)c(CNC(=O)OC(C)(C)C)c1. The van der Waals surface area contributed by atoms with E-state index >= 15 is 0 Å². The fourth-order valence-corrected chi connectivity index (χ4v) is 2.09. The van der Waals surface area contributed by atoms with Gasteiger partial charge < -0.3 is 15.0 Å². The topological polar surface area (TPSA) is 41.6 Å². The van der Waals surface area contributed by atoms with Gasteiger partial charge in [0, 0.05) is 18.7 Å². The van der Waals surface area contributed by atoms with Gasteiger partial charge in [0.05, 0.1) is 5.02 Å². The maximum absolute atomic E-state index is 14.1. The lowest BCUT2D eigenvalue weighted by atomic mass is 10.1. The zero-order valence-corrected chi connectivity index (χ0v) is 14.6. The molecule has 0 heterocycles. The monoisotopic (exact) mass is 330 g/mol. The molecule has 124 valence electrons. The number of benzene rings is 1. The van der Waals surface area contributed by atoms with Gasteiger partial charge in [-0.15, -0.1) is 0 Å². The first-order valence-corrected chi connectivity index (χ1v) is 7.62. The van der Waals surface area contributed by atoms with E-state index in [1.54, 1.807) is 32.9 Å². The molecule has 0 spiro atoms.